The zero-order valence-corrected chi connectivity index (χ0v) is 5.38. The van der Waals surface area contributed by atoms with Crippen LogP contribution in [0.1, 0.15) is 0 Å². The Labute approximate surface area is 61.3 Å². The molecule has 0 aliphatic rings. The van der Waals surface area contributed by atoms with E-state index < -0.39 is 0 Å². The van der Waals surface area contributed by atoms with Crippen molar-refractivity contribution in [3.05, 3.63) is 18.7 Å². The van der Waals surface area contributed by atoms with E-state index in [9.17, 15) is 0 Å². The van der Waals surface area contributed by atoms with Crippen LogP contribution in [0.3, 0.4) is 0 Å². The van der Waals surface area contributed by atoms with Crippen molar-refractivity contribution in [2.24, 2.45) is 0 Å². The molecule has 0 atom stereocenters. The Balaban J connectivity index is 2.46. The summed E-state index contributed by atoms with van der Waals surface area (Å²) in [7, 11) is 0. The second-order valence-corrected chi connectivity index (χ2v) is 1.75. The molecule has 2 aromatic rings. The highest BCUT2D eigenvalue weighted by atomic mass is 16.3. The number of hydrogen-bond acceptors (Lipinski definition) is 6. The fourth-order valence-corrected chi connectivity index (χ4v) is 0.646. The van der Waals surface area contributed by atoms with Gasteiger partial charge in [0, 0.05) is 0 Å². The smallest absolute Gasteiger partial charge is 0.248 e. The Hall–Kier alpha value is -1.85. The summed E-state index contributed by atoms with van der Waals surface area (Å²) in [6.45, 7) is 0. The van der Waals surface area contributed by atoms with Crippen LogP contribution in [0, 0.1) is 0 Å². The molecule has 0 aliphatic carbocycles. The first-order valence-electron chi connectivity index (χ1n) is 2.88. The maximum atomic E-state index is 4.94. The fourth-order valence-electron chi connectivity index (χ4n) is 0.646. The molecule has 0 aromatic carbocycles. The number of aromatic nitrogens is 5. The molecule has 0 saturated heterocycles. The molecule has 0 fully saturated rings. The van der Waals surface area contributed by atoms with Gasteiger partial charge in [-0.1, -0.05) is 0 Å². The zero-order chi connectivity index (χ0) is 7.52. The number of hydrogen-bond donors (Lipinski definition) is 0. The van der Waals surface area contributed by atoms with E-state index in [-0.39, 0.29) is 0 Å². The molecule has 2 aromatic heterocycles. The van der Waals surface area contributed by atoms with Gasteiger partial charge in [-0.05, 0) is 10.4 Å². The predicted octanol–water partition coefficient (Wildman–Crippen LogP) is -0.0784. The highest BCUT2D eigenvalue weighted by Gasteiger charge is 2.02. The summed E-state index contributed by atoms with van der Waals surface area (Å²) in [6.07, 6.45) is 4.41. The van der Waals surface area contributed by atoms with Crippen molar-refractivity contribution in [3.8, 4) is 11.6 Å². The minimum Gasteiger partial charge on any atom is -0.443 e. The van der Waals surface area contributed by atoms with E-state index in [4.69, 9.17) is 4.42 Å². The first kappa shape index (κ1) is 5.90. The summed E-state index contributed by atoms with van der Waals surface area (Å²) in [4.78, 5) is 3.85. The van der Waals surface area contributed by atoms with Gasteiger partial charge >= 0.3 is 0 Å². The van der Waals surface area contributed by atoms with Crippen LogP contribution in [0.2, 0.25) is 0 Å². The molecule has 54 valence electrons. The van der Waals surface area contributed by atoms with E-state index in [1.165, 1.54) is 18.7 Å². The second-order valence-electron chi connectivity index (χ2n) is 1.75. The van der Waals surface area contributed by atoms with Gasteiger partial charge in [0.05, 0.1) is 12.4 Å². The number of nitrogens with zero attached hydrogens (tertiary/aromatic N) is 5. The Morgan fingerprint density at radius 1 is 1.27 bits per heavy atom. The van der Waals surface area contributed by atoms with Crippen molar-refractivity contribution < 1.29 is 4.42 Å². The van der Waals surface area contributed by atoms with E-state index in [1.807, 2.05) is 0 Å². The highest BCUT2D eigenvalue weighted by molar-refractivity contribution is 5.42. The van der Waals surface area contributed by atoms with E-state index in [2.05, 4.69) is 25.6 Å². The number of rotatable bonds is 1. The van der Waals surface area contributed by atoms with Gasteiger partial charge in [0.15, 0.2) is 5.69 Å². The summed E-state index contributed by atoms with van der Waals surface area (Å²) < 4.78 is 4.94. The molecule has 0 aliphatic heterocycles. The van der Waals surface area contributed by atoms with E-state index in [0.717, 1.165) is 0 Å². The molecule has 6 nitrogen and oxygen atoms in total. The highest BCUT2D eigenvalue weighted by Crippen LogP contribution is 2.09. The molecule has 0 saturated carbocycles. The molecule has 2 heterocycles. The molecule has 2 rings (SSSR count). The van der Waals surface area contributed by atoms with E-state index in [0.29, 0.717) is 11.6 Å². The molecule has 0 bridgehead atoms. The third kappa shape index (κ3) is 1.05. The van der Waals surface area contributed by atoms with Gasteiger partial charge in [-0.15, -0.1) is 10.2 Å². The first-order chi connectivity index (χ1) is 5.47. The summed E-state index contributed by atoms with van der Waals surface area (Å²) >= 11 is 0. The molecular weight excluding hydrogens is 146 g/mol. The summed E-state index contributed by atoms with van der Waals surface area (Å²) in [5.74, 6) is 0.396. The molecule has 6 heteroatoms. The van der Waals surface area contributed by atoms with Crippen molar-refractivity contribution >= 4 is 0 Å². The van der Waals surface area contributed by atoms with Gasteiger partial charge < -0.3 is 4.42 Å². The molecule has 0 unspecified atom stereocenters. The van der Waals surface area contributed by atoms with Gasteiger partial charge in [-0.3, -0.25) is 0 Å². The Bertz CT molecular complexity index is 318. The van der Waals surface area contributed by atoms with Crippen LogP contribution in [-0.2, 0) is 0 Å². The predicted molar refractivity (Wildman–Crippen MR) is 33.1 cm³/mol. The third-order valence-electron chi connectivity index (χ3n) is 1.08. The molecular formula is C5H3N5O. The molecule has 11 heavy (non-hydrogen) atoms. The third-order valence-corrected chi connectivity index (χ3v) is 1.08. The van der Waals surface area contributed by atoms with Crippen LogP contribution in [0.15, 0.2) is 23.1 Å². The normalized spacial score (nSPS) is 9.82. The lowest BCUT2D eigenvalue weighted by Gasteiger charge is -1.86. The van der Waals surface area contributed by atoms with Gasteiger partial charge in [0.25, 0.3) is 0 Å². The van der Waals surface area contributed by atoms with Crippen LogP contribution < -0.4 is 0 Å². The average Bonchev–Trinajstić information content (AvgIpc) is 2.58. The SMILES string of the molecule is c1coc(-c2cnnnn2)n1. The van der Waals surface area contributed by atoms with E-state index in [1.54, 1.807) is 0 Å². The van der Waals surface area contributed by atoms with Crippen LogP contribution in [0.25, 0.3) is 11.6 Å². The standard InChI is InChI=1S/C5H3N5O/c1-2-11-5(6-1)4-3-7-9-10-8-4/h1-3H. The summed E-state index contributed by atoms with van der Waals surface area (Å²) in [5, 5.41) is 13.8. The molecule has 0 radical (unpaired) electrons. The Morgan fingerprint density at radius 2 is 2.27 bits per heavy atom. The zero-order valence-electron chi connectivity index (χ0n) is 5.38. The number of oxazole rings is 1. The fraction of sp³-hybridized carbons (Fsp3) is 0. The monoisotopic (exact) mass is 149 g/mol. The van der Waals surface area contributed by atoms with Crippen LogP contribution in [0.5, 0.6) is 0 Å². The minimum atomic E-state index is 0.396. The second kappa shape index (κ2) is 2.41. The van der Waals surface area contributed by atoms with Crippen molar-refractivity contribution in [2.45, 2.75) is 0 Å². The van der Waals surface area contributed by atoms with E-state index >= 15 is 0 Å². The maximum absolute atomic E-state index is 4.94. The van der Waals surface area contributed by atoms with Crippen LogP contribution >= 0.6 is 0 Å². The Kier molecular flexibility index (Phi) is 1.29. The van der Waals surface area contributed by atoms with Gasteiger partial charge in [-0.25, -0.2) is 4.98 Å². The summed E-state index contributed by atoms with van der Waals surface area (Å²) in [6, 6.07) is 0. The maximum Gasteiger partial charge on any atom is 0.248 e. The summed E-state index contributed by atoms with van der Waals surface area (Å²) in [5.41, 5.74) is 0.477. The lowest BCUT2D eigenvalue weighted by molar-refractivity contribution is 0.567. The lowest BCUT2D eigenvalue weighted by Crippen LogP contribution is -1.92. The molecule has 0 N–H and O–H groups in total. The first-order valence-corrected chi connectivity index (χ1v) is 2.88. The van der Waals surface area contributed by atoms with Crippen molar-refractivity contribution in [1.29, 1.82) is 0 Å². The van der Waals surface area contributed by atoms with Gasteiger partial charge in [0.2, 0.25) is 5.89 Å². The topological polar surface area (TPSA) is 77.6 Å². The largest absolute Gasteiger partial charge is 0.443 e. The van der Waals surface area contributed by atoms with Crippen molar-refractivity contribution in [2.75, 3.05) is 0 Å². The Morgan fingerprint density at radius 3 is 2.91 bits per heavy atom. The van der Waals surface area contributed by atoms with Gasteiger partial charge in [0.1, 0.15) is 6.26 Å². The molecule has 0 spiro atoms. The molecule has 0 amide bonds. The van der Waals surface area contributed by atoms with Crippen LogP contribution in [0.4, 0.5) is 0 Å². The lowest BCUT2D eigenvalue weighted by atomic mass is 10.5. The quantitative estimate of drug-likeness (QED) is 0.564. The minimum absolute atomic E-state index is 0.396. The van der Waals surface area contributed by atoms with Crippen molar-refractivity contribution in [3.63, 3.8) is 0 Å². The van der Waals surface area contributed by atoms with Gasteiger partial charge in [-0.2, -0.15) is 0 Å². The van der Waals surface area contributed by atoms with Crippen molar-refractivity contribution in [1.82, 2.24) is 25.6 Å². The van der Waals surface area contributed by atoms with Crippen LogP contribution in [-0.4, -0.2) is 25.6 Å². The average molecular weight is 149 g/mol.